The molecule has 1 heterocycles. The molecule has 2 nitrogen and oxygen atoms in total. The van der Waals surface area contributed by atoms with Crippen LogP contribution >= 0.6 is 0 Å². The maximum absolute atomic E-state index is 5.46. The summed E-state index contributed by atoms with van der Waals surface area (Å²) in [5.41, 5.74) is 3.86. The van der Waals surface area contributed by atoms with E-state index in [-0.39, 0.29) is 0 Å². The van der Waals surface area contributed by atoms with E-state index in [4.69, 9.17) is 4.74 Å². The largest absolute Gasteiger partial charge is 0.378 e. The Labute approximate surface area is 130 Å². The first-order chi connectivity index (χ1) is 10.9. The normalized spacial score (nSPS) is 15.2. The van der Waals surface area contributed by atoms with Crippen LogP contribution in [0, 0.1) is 0 Å². The summed E-state index contributed by atoms with van der Waals surface area (Å²) in [6.07, 6.45) is 0. The van der Waals surface area contributed by atoms with Gasteiger partial charge in [0.1, 0.15) is 0 Å². The maximum atomic E-state index is 5.46. The van der Waals surface area contributed by atoms with E-state index in [9.17, 15) is 0 Å². The van der Waals surface area contributed by atoms with Gasteiger partial charge in [0.25, 0.3) is 0 Å². The van der Waals surface area contributed by atoms with E-state index in [1.54, 1.807) is 0 Å². The van der Waals surface area contributed by atoms with E-state index in [1.165, 1.54) is 27.6 Å². The number of rotatable bonds is 2. The number of hydrogen-bond acceptors (Lipinski definition) is 2. The molecular weight excluding hydrogens is 270 g/mol. The quantitative estimate of drug-likeness (QED) is 0.695. The van der Waals surface area contributed by atoms with Crippen molar-refractivity contribution in [2.75, 3.05) is 31.2 Å². The van der Waals surface area contributed by atoms with Gasteiger partial charge in [-0.2, -0.15) is 0 Å². The van der Waals surface area contributed by atoms with Crippen LogP contribution < -0.4 is 4.90 Å². The van der Waals surface area contributed by atoms with Crippen LogP contribution in [-0.4, -0.2) is 26.3 Å². The van der Waals surface area contributed by atoms with Crippen LogP contribution in [0.2, 0.25) is 0 Å². The van der Waals surface area contributed by atoms with E-state index in [1.807, 2.05) is 0 Å². The Kier molecular flexibility index (Phi) is 3.53. The lowest BCUT2D eigenvalue weighted by Crippen LogP contribution is -2.36. The van der Waals surface area contributed by atoms with Gasteiger partial charge in [0.2, 0.25) is 0 Å². The molecule has 0 aliphatic carbocycles. The second-order valence-electron chi connectivity index (χ2n) is 5.68. The third-order valence-electron chi connectivity index (χ3n) is 4.33. The van der Waals surface area contributed by atoms with Gasteiger partial charge in [0.05, 0.1) is 13.2 Å². The average Bonchev–Trinajstić information content (AvgIpc) is 2.62. The van der Waals surface area contributed by atoms with Crippen molar-refractivity contribution in [3.63, 3.8) is 0 Å². The predicted molar refractivity (Wildman–Crippen MR) is 92.4 cm³/mol. The summed E-state index contributed by atoms with van der Waals surface area (Å²) in [7, 11) is 0. The molecule has 0 spiro atoms. The van der Waals surface area contributed by atoms with Gasteiger partial charge in [-0.25, -0.2) is 0 Å². The molecule has 110 valence electrons. The van der Waals surface area contributed by atoms with Crippen molar-refractivity contribution >= 4 is 16.5 Å². The first-order valence-corrected chi connectivity index (χ1v) is 7.83. The molecule has 4 rings (SSSR count). The zero-order valence-corrected chi connectivity index (χ0v) is 12.5. The van der Waals surface area contributed by atoms with Crippen LogP contribution in [-0.2, 0) is 4.74 Å². The number of ether oxygens (including phenoxy) is 1. The Morgan fingerprint density at radius 1 is 0.773 bits per heavy atom. The van der Waals surface area contributed by atoms with Crippen LogP contribution in [0.25, 0.3) is 21.9 Å². The number of fused-ring (bicyclic) bond motifs is 1. The molecule has 0 aromatic heterocycles. The van der Waals surface area contributed by atoms with Gasteiger partial charge in [0, 0.05) is 18.8 Å². The summed E-state index contributed by atoms with van der Waals surface area (Å²) in [6, 6.07) is 23.9. The van der Waals surface area contributed by atoms with Crippen LogP contribution in [0.15, 0.2) is 66.7 Å². The van der Waals surface area contributed by atoms with Crippen molar-refractivity contribution in [2.45, 2.75) is 0 Å². The topological polar surface area (TPSA) is 12.5 Å². The Balaban J connectivity index is 1.83. The molecule has 1 aliphatic heterocycles. The van der Waals surface area contributed by atoms with Gasteiger partial charge in [0.15, 0.2) is 0 Å². The van der Waals surface area contributed by atoms with Crippen LogP contribution in [0.1, 0.15) is 0 Å². The molecule has 22 heavy (non-hydrogen) atoms. The number of morpholine rings is 1. The Morgan fingerprint density at radius 2 is 1.59 bits per heavy atom. The first kappa shape index (κ1) is 13.4. The Hall–Kier alpha value is -2.32. The summed E-state index contributed by atoms with van der Waals surface area (Å²) >= 11 is 0. The summed E-state index contributed by atoms with van der Waals surface area (Å²) in [4.78, 5) is 2.41. The van der Waals surface area contributed by atoms with Gasteiger partial charge in [-0.05, 0) is 34.0 Å². The Bertz CT molecular complexity index is 776. The lowest BCUT2D eigenvalue weighted by Gasteiger charge is -2.29. The second-order valence-corrected chi connectivity index (χ2v) is 5.68. The van der Waals surface area contributed by atoms with Crippen molar-refractivity contribution in [1.29, 1.82) is 0 Å². The van der Waals surface area contributed by atoms with Crippen LogP contribution in [0.4, 0.5) is 5.69 Å². The second kappa shape index (κ2) is 5.82. The van der Waals surface area contributed by atoms with E-state index in [0.29, 0.717) is 0 Å². The highest BCUT2D eigenvalue weighted by Gasteiger charge is 2.12. The summed E-state index contributed by atoms with van der Waals surface area (Å²) in [6.45, 7) is 3.58. The summed E-state index contributed by atoms with van der Waals surface area (Å²) in [5.74, 6) is 0. The van der Waals surface area contributed by atoms with E-state index in [2.05, 4.69) is 71.6 Å². The minimum absolute atomic E-state index is 0.818. The molecule has 2 heteroatoms. The predicted octanol–water partition coefficient (Wildman–Crippen LogP) is 4.34. The summed E-state index contributed by atoms with van der Waals surface area (Å²) < 4.78 is 5.46. The molecule has 1 aliphatic rings. The Morgan fingerprint density at radius 3 is 2.41 bits per heavy atom. The molecule has 0 atom stereocenters. The van der Waals surface area contributed by atoms with Gasteiger partial charge >= 0.3 is 0 Å². The lowest BCUT2D eigenvalue weighted by atomic mass is 9.98. The van der Waals surface area contributed by atoms with Gasteiger partial charge in [-0.15, -0.1) is 0 Å². The monoisotopic (exact) mass is 289 g/mol. The van der Waals surface area contributed by atoms with Crippen LogP contribution in [0.5, 0.6) is 0 Å². The number of benzene rings is 3. The standard InChI is InChI=1S/C20H19NO/c1-2-5-16(6-3-1)19-8-4-7-17-9-10-18(15-20(17)19)21-11-13-22-14-12-21/h1-10,15H,11-14H2. The average molecular weight is 289 g/mol. The van der Waals surface area contributed by atoms with Crippen molar-refractivity contribution in [3.8, 4) is 11.1 Å². The van der Waals surface area contributed by atoms with Crippen molar-refractivity contribution in [2.24, 2.45) is 0 Å². The number of nitrogens with zero attached hydrogens (tertiary/aromatic N) is 1. The highest BCUT2D eigenvalue weighted by atomic mass is 16.5. The molecule has 3 aromatic rings. The summed E-state index contributed by atoms with van der Waals surface area (Å²) in [5, 5.41) is 2.61. The van der Waals surface area contributed by atoms with Crippen LogP contribution in [0.3, 0.4) is 0 Å². The SMILES string of the molecule is c1ccc(-c2cccc3ccc(N4CCOCC4)cc23)cc1. The van der Waals surface area contributed by atoms with Gasteiger partial charge in [-0.1, -0.05) is 54.6 Å². The molecule has 0 saturated carbocycles. The molecule has 0 N–H and O–H groups in total. The number of anilines is 1. The molecule has 0 unspecified atom stereocenters. The fraction of sp³-hybridized carbons (Fsp3) is 0.200. The number of hydrogen-bond donors (Lipinski definition) is 0. The lowest BCUT2D eigenvalue weighted by molar-refractivity contribution is 0.122. The van der Waals surface area contributed by atoms with Crippen molar-refractivity contribution in [3.05, 3.63) is 66.7 Å². The van der Waals surface area contributed by atoms with E-state index < -0.39 is 0 Å². The maximum Gasteiger partial charge on any atom is 0.0642 e. The zero-order chi connectivity index (χ0) is 14.8. The van der Waals surface area contributed by atoms with Gasteiger partial charge in [-0.3, -0.25) is 0 Å². The van der Waals surface area contributed by atoms with Gasteiger partial charge < -0.3 is 9.64 Å². The van der Waals surface area contributed by atoms with Crippen molar-refractivity contribution in [1.82, 2.24) is 0 Å². The molecule has 0 amide bonds. The van der Waals surface area contributed by atoms with E-state index >= 15 is 0 Å². The minimum atomic E-state index is 0.818. The smallest absolute Gasteiger partial charge is 0.0642 e. The highest BCUT2D eigenvalue weighted by Crippen LogP contribution is 2.31. The third kappa shape index (κ3) is 2.46. The molecule has 1 saturated heterocycles. The molecule has 0 bridgehead atoms. The fourth-order valence-electron chi connectivity index (χ4n) is 3.15. The van der Waals surface area contributed by atoms with E-state index in [0.717, 1.165) is 26.3 Å². The molecule has 3 aromatic carbocycles. The third-order valence-corrected chi connectivity index (χ3v) is 4.33. The van der Waals surface area contributed by atoms with Crippen molar-refractivity contribution < 1.29 is 4.74 Å². The zero-order valence-electron chi connectivity index (χ0n) is 12.5. The molecule has 1 fully saturated rings. The molecule has 0 radical (unpaired) electrons. The highest BCUT2D eigenvalue weighted by molar-refractivity contribution is 5.98. The molecular formula is C20H19NO. The fourth-order valence-corrected chi connectivity index (χ4v) is 3.15. The first-order valence-electron chi connectivity index (χ1n) is 7.83. The minimum Gasteiger partial charge on any atom is -0.378 e.